The van der Waals surface area contributed by atoms with Gasteiger partial charge in [-0.15, -0.1) is 0 Å². The van der Waals surface area contributed by atoms with Gasteiger partial charge in [-0.1, -0.05) is 6.42 Å². The number of likely N-dealkylation sites (tertiary alicyclic amines) is 2. The summed E-state index contributed by atoms with van der Waals surface area (Å²) in [4.78, 5) is 27.9. The first-order valence-corrected chi connectivity index (χ1v) is 10.4. The van der Waals surface area contributed by atoms with E-state index in [1.54, 1.807) is 6.33 Å². The minimum atomic E-state index is 0.362. The molecule has 0 atom stereocenters. The molecule has 0 spiro atoms. The maximum atomic E-state index is 12.2. The van der Waals surface area contributed by atoms with Gasteiger partial charge < -0.3 is 14.7 Å². The van der Waals surface area contributed by atoms with Crippen molar-refractivity contribution in [2.45, 2.75) is 63.5 Å². The highest BCUT2D eigenvalue weighted by Crippen LogP contribution is 2.35. The molecule has 3 heterocycles. The topological polar surface area (TPSA) is 52.6 Å². The van der Waals surface area contributed by atoms with Gasteiger partial charge in [-0.05, 0) is 44.6 Å². The van der Waals surface area contributed by atoms with Crippen molar-refractivity contribution in [2.24, 2.45) is 0 Å². The molecule has 0 radical (unpaired) electrons. The van der Waals surface area contributed by atoms with E-state index in [0.717, 1.165) is 51.4 Å². The van der Waals surface area contributed by atoms with Crippen molar-refractivity contribution in [2.75, 3.05) is 37.6 Å². The van der Waals surface area contributed by atoms with Crippen LogP contribution in [0.1, 0.15) is 51.4 Å². The van der Waals surface area contributed by atoms with Crippen LogP contribution in [0.25, 0.3) is 0 Å². The van der Waals surface area contributed by atoms with Gasteiger partial charge in [0.15, 0.2) is 0 Å². The van der Waals surface area contributed by atoms with Crippen molar-refractivity contribution in [3.05, 3.63) is 18.6 Å². The molecule has 1 amide bonds. The largest absolute Gasteiger partial charge is 0.350 e. The summed E-state index contributed by atoms with van der Waals surface area (Å²) in [6.45, 7) is 5.14. The second kappa shape index (κ2) is 8.33. The maximum absolute atomic E-state index is 12.2. The molecule has 2 saturated heterocycles. The number of rotatable bonds is 6. The molecule has 1 aromatic rings. The minimum absolute atomic E-state index is 0.362. The van der Waals surface area contributed by atoms with Gasteiger partial charge in [0.05, 0.1) is 0 Å². The molecule has 0 bridgehead atoms. The van der Waals surface area contributed by atoms with E-state index in [9.17, 15) is 4.79 Å². The van der Waals surface area contributed by atoms with Crippen LogP contribution in [0.5, 0.6) is 0 Å². The molecule has 3 fully saturated rings. The smallest absolute Gasteiger partial charge is 0.222 e. The van der Waals surface area contributed by atoms with Gasteiger partial charge in [-0.2, -0.15) is 0 Å². The molecule has 6 heteroatoms. The fourth-order valence-electron chi connectivity index (χ4n) is 4.42. The van der Waals surface area contributed by atoms with Crippen LogP contribution >= 0.6 is 0 Å². The number of amides is 1. The highest BCUT2D eigenvalue weighted by Gasteiger charge is 2.36. The predicted octanol–water partition coefficient (Wildman–Crippen LogP) is 2.31. The van der Waals surface area contributed by atoms with Crippen LogP contribution < -0.4 is 4.90 Å². The van der Waals surface area contributed by atoms with Gasteiger partial charge in [0, 0.05) is 57.4 Å². The second-order valence-electron chi connectivity index (χ2n) is 7.97. The number of piperidine rings is 1. The lowest BCUT2D eigenvalue weighted by molar-refractivity contribution is -0.130. The van der Waals surface area contributed by atoms with Gasteiger partial charge in [0.25, 0.3) is 0 Å². The molecule has 142 valence electrons. The Labute approximate surface area is 156 Å². The third-order valence-corrected chi connectivity index (χ3v) is 6.08. The molecular formula is C20H31N5O. The summed E-state index contributed by atoms with van der Waals surface area (Å²) < 4.78 is 0. The molecule has 0 N–H and O–H groups in total. The molecule has 2 aliphatic heterocycles. The minimum Gasteiger partial charge on any atom is -0.350 e. The zero-order valence-corrected chi connectivity index (χ0v) is 15.7. The van der Waals surface area contributed by atoms with Crippen molar-refractivity contribution in [3.63, 3.8) is 0 Å². The number of aromatic nitrogens is 2. The lowest BCUT2D eigenvalue weighted by Gasteiger charge is -2.40. The molecule has 3 aliphatic rings. The van der Waals surface area contributed by atoms with Crippen LogP contribution in [-0.2, 0) is 4.79 Å². The molecular weight excluding hydrogens is 326 g/mol. The van der Waals surface area contributed by atoms with Gasteiger partial charge in [0.2, 0.25) is 5.91 Å². The van der Waals surface area contributed by atoms with Crippen LogP contribution in [0, 0.1) is 0 Å². The van der Waals surface area contributed by atoms with E-state index < -0.39 is 0 Å². The van der Waals surface area contributed by atoms with Gasteiger partial charge in [-0.3, -0.25) is 4.79 Å². The van der Waals surface area contributed by atoms with E-state index in [2.05, 4.69) is 30.7 Å². The summed E-state index contributed by atoms with van der Waals surface area (Å²) in [6.07, 6.45) is 12.7. The molecule has 4 rings (SSSR count). The number of anilines is 1. The van der Waals surface area contributed by atoms with Crippen molar-refractivity contribution < 1.29 is 4.79 Å². The normalized spacial score (nSPS) is 23.1. The van der Waals surface area contributed by atoms with E-state index in [0.29, 0.717) is 18.0 Å². The van der Waals surface area contributed by atoms with Gasteiger partial charge >= 0.3 is 0 Å². The average molecular weight is 358 g/mol. The number of carbonyl (C=O) groups is 1. The molecule has 1 aliphatic carbocycles. The van der Waals surface area contributed by atoms with Crippen LogP contribution in [0.15, 0.2) is 18.6 Å². The Bertz CT molecular complexity index is 583. The van der Waals surface area contributed by atoms with Crippen LogP contribution in [-0.4, -0.2) is 70.5 Å². The Morgan fingerprint density at radius 2 is 1.81 bits per heavy atom. The van der Waals surface area contributed by atoms with Crippen molar-refractivity contribution in [1.82, 2.24) is 19.8 Å². The monoisotopic (exact) mass is 357 g/mol. The second-order valence-corrected chi connectivity index (χ2v) is 7.97. The van der Waals surface area contributed by atoms with Crippen molar-refractivity contribution in [1.29, 1.82) is 0 Å². The average Bonchev–Trinajstić information content (AvgIpc) is 3.52. The summed E-state index contributed by atoms with van der Waals surface area (Å²) in [6, 6.07) is 3.32. The number of hydrogen-bond donors (Lipinski definition) is 0. The van der Waals surface area contributed by atoms with E-state index in [-0.39, 0.29) is 0 Å². The predicted molar refractivity (Wildman–Crippen MR) is 102 cm³/mol. The summed E-state index contributed by atoms with van der Waals surface area (Å²) in [5.41, 5.74) is 0. The van der Waals surface area contributed by atoms with Crippen LogP contribution in [0.3, 0.4) is 0 Å². The molecule has 6 nitrogen and oxygen atoms in total. The summed E-state index contributed by atoms with van der Waals surface area (Å²) in [7, 11) is 0. The molecule has 0 unspecified atom stereocenters. The third-order valence-electron chi connectivity index (χ3n) is 6.08. The SMILES string of the molecule is O=C1CCCCCN1CCN1CCC(N(c2ccncn2)C2CC2)CC1. The summed E-state index contributed by atoms with van der Waals surface area (Å²) in [5.74, 6) is 1.46. The molecule has 0 aromatic carbocycles. The van der Waals surface area contributed by atoms with Crippen molar-refractivity contribution >= 4 is 11.7 Å². The van der Waals surface area contributed by atoms with Gasteiger partial charge in [0.1, 0.15) is 12.1 Å². The lowest BCUT2D eigenvalue weighted by atomic mass is 10.0. The lowest BCUT2D eigenvalue weighted by Crippen LogP contribution is -2.48. The zero-order chi connectivity index (χ0) is 17.8. The van der Waals surface area contributed by atoms with Crippen LogP contribution in [0.4, 0.5) is 5.82 Å². The first kappa shape index (κ1) is 17.7. The fraction of sp³-hybridized carbons (Fsp3) is 0.750. The Kier molecular flexibility index (Phi) is 5.68. The third kappa shape index (κ3) is 4.34. The first-order valence-electron chi connectivity index (χ1n) is 10.4. The van der Waals surface area contributed by atoms with E-state index in [1.165, 1.54) is 38.5 Å². The fourth-order valence-corrected chi connectivity index (χ4v) is 4.42. The zero-order valence-electron chi connectivity index (χ0n) is 15.7. The van der Waals surface area contributed by atoms with E-state index in [1.807, 2.05) is 6.20 Å². The Hall–Kier alpha value is -1.69. The summed E-state index contributed by atoms with van der Waals surface area (Å²) in [5, 5.41) is 0. The highest BCUT2D eigenvalue weighted by molar-refractivity contribution is 5.76. The van der Waals surface area contributed by atoms with Crippen LogP contribution in [0.2, 0.25) is 0 Å². The highest BCUT2D eigenvalue weighted by atomic mass is 16.2. The first-order chi connectivity index (χ1) is 12.8. The Morgan fingerprint density at radius 1 is 1.00 bits per heavy atom. The van der Waals surface area contributed by atoms with E-state index in [4.69, 9.17) is 0 Å². The Balaban J connectivity index is 1.27. The van der Waals surface area contributed by atoms with Crippen molar-refractivity contribution in [3.8, 4) is 0 Å². The molecule has 26 heavy (non-hydrogen) atoms. The molecule has 1 saturated carbocycles. The molecule has 1 aromatic heterocycles. The number of carbonyl (C=O) groups excluding carboxylic acids is 1. The summed E-state index contributed by atoms with van der Waals surface area (Å²) >= 11 is 0. The number of nitrogens with zero attached hydrogens (tertiary/aromatic N) is 5. The number of hydrogen-bond acceptors (Lipinski definition) is 5. The maximum Gasteiger partial charge on any atom is 0.222 e. The Morgan fingerprint density at radius 3 is 2.54 bits per heavy atom. The van der Waals surface area contributed by atoms with E-state index >= 15 is 0 Å². The van der Waals surface area contributed by atoms with Gasteiger partial charge in [-0.25, -0.2) is 9.97 Å². The standard InChI is InChI=1S/C20H31N5O/c26-20-4-2-1-3-11-24(20)15-14-23-12-8-18(9-13-23)25(17-5-6-17)19-7-10-21-16-22-19/h7,10,16-18H,1-6,8-9,11-15H2. The quantitative estimate of drug-likeness (QED) is 0.782.